The average Bonchev–Trinajstić information content (AvgIpc) is 3.21. The van der Waals surface area contributed by atoms with Crippen LogP contribution in [-0.4, -0.2) is 43.7 Å². The second-order valence-corrected chi connectivity index (χ2v) is 5.79. The van der Waals surface area contributed by atoms with Gasteiger partial charge in [0.25, 0.3) is 11.6 Å². The van der Waals surface area contributed by atoms with Crippen LogP contribution in [0.3, 0.4) is 0 Å². The van der Waals surface area contributed by atoms with E-state index in [1.165, 1.54) is 25.5 Å². The number of nitrogens with zero attached hydrogens (tertiary/aromatic N) is 1. The van der Waals surface area contributed by atoms with E-state index < -0.39 is 29.4 Å². The fourth-order valence-corrected chi connectivity index (χ4v) is 2.36. The number of non-ortho nitro benzene ring substituents is 1. The van der Waals surface area contributed by atoms with Gasteiger partial charge in [0, 0.05) is 31.5 Å². The number of rotatable bonds is 10. The van der Waals surface area contributed by atoms with Crippen LogP contribution in [0, 0.1) is 10.1 Å². The van der Waals surface area contributed by atoms with E-state index in [1.807, 2.05) is 0 Å². The second kappa shape index (κ2) is 10.1. The van der Waals surface area contributed by atoms with Crippen LogP contribution in [0.5, 0.6) is 0 Å². The molecule has 28 heavy (non-hydrogen) atoms. The van der Waals surface area contributed by atoms with Gasteiger partial charge in [-0.05, 0) is 25.1 Å². The number of carbonyl (C=O) groups is 2. The first-order valence-corrected chi connectivity index (χ1v) is 8.43. The molecule has 1 atom stereocenters. The van der Waals surface area contributed by atoms with Gasteiger partial charge in [-0.15, -0.1) is 0 Å². The van der Waals surface area contributed by atoms with Crippen molar-refractivity contribution in [2.45, 2.75) is 13.0 Å². The highest BCUT2D eigenvalue weighted by molar-refractivity contribution is 5.97. The van der Waals surface area contributed by atoms with Gasteiger partial charge in [0.1, 0.15) is 5.76 Å². The standard InChI is InChI=1S/C18H21N3O7/c1-12(16-4-3-8-27-16)20-17(22)11-28-18(23)14-10-13(21(24)25)5-6-15(14)19-7-9-26-2/h3-6,8,10,12,19H,7,9,11H2,1-2H3,(H,20,22)/t12-/m1/s1. The minimum absolute atomic E-state index is 0.0443. The van der Waals surface area contributed by atoms with Crippen molar-refractivity contribution < 1.29 is 28.4 Å². The Hall–Kier alpha value is -3.40. The van der Waals surface area contributed by atoms with Crippen LogP contribution in [-0.2, 0) is 14.3 Å². The van der Waals surface area contributed by atoms with Crippen LogP contribution in [0.4, 0.5) is 11.4 Å². The molecule has 0 fully saturated rings. The molecule has 2 N–H and O–H groups in total. The van der Waals surface area contributed by atoms with Crippen molar-refractivity contribution in [2.24, 2.45) is 0 Å². The van der Waals surface area contributed by atoms with E-state index in [9.17, 15) is 19.7 Å². The molecule has 10 nitrogen and oxygen atoms in total. The first-order chi connectivity index (χ1) is 13.4. The van der Waals surface area contributed by atoms with E-state index in [0.717, 1.165) is 6.07 Å². The summed E-state index contributed by atoms with van der Waals surface area (Å²) in [5.41, 5.74) is 0.0364. The van der Waals surface area contributed by atoms with Gasteiger partial charge in [-0.3, -0.25) is 14.9 Å². The lowest BCUT2D eigenvalue weighted by Gasteiger charge is -2.13. The van der Waals surface area contributed by atoms with E-state index in [4.69, 9.17) is 13.9 Å². The summed E-state index contributed by atoms with van der Waals surface area (Å²) in [5, 5.41) is 16.6. The van der Waals surface area contributed by atoms with Crippen LogP contribution in [0.1, 0.15) is 29.1 Å². The maximum absolute atomic E-state index is 12.4. The number of amides is 1. The summed E-state index contributed by atoms with van der Waals surface area (Å²) in [6.07, 6.45) is 1.48. The highest BCUT2D eigenvalue weighted by Gasteiger charge is 2.20. The number of benzene rings is 1. The zero-order valence-corrected chi connectivity index (χ0v) is 15.5. The molecule has 150 valence electrons. The number of hydrogen-bond acceptors (Lipinski definition) is 8. The number of carbonyl (C=O) groups excluding carboxylic acids is 2. The van der Waals surface area contributed by atoms with Gasteiger partial charge < -0.3 is 24.5 Å². The highest BCUT2D eigenvalue weighted by Crippen LogP contribution is 2.23. The first-order valence-electron chi connectivity index (χ1n) is 8.43. The Morgan fingerprint density at radius 3 is 2.75 bits per heavy atom. The van der Waals surface area contributed by atoms with E-state index in [-0.39, 0.29) is 11.3 Å². The van der Waals surface area contributed by atoms with Gasteiger partial charge in [0.05, 0.1) is 29.4 Å². The van der Waals surface area contributed by atoms with Crippen molar-refractivity contribution in [3.05, 3.63) is 58.0 Å². The Labute approximate surface area is 161 Å². The van der Waals surface area contributed by atoms with E-state index >= 15 is 0 Å². The summed E-state index contributed by atoms with van der Waals surface area (Å²) in [7, 11) is 1.52. The van der Waals surface area contributed by atoms with Crippen LogP contribution < -0.4 is 10.6 Å². The maximum Gasteiger partial charge on any atom is 0.341 e. The lowest BCUT2D eigenvalue weighted by atomic mass is 10.1. The van der Waals surface area contributed by atoms with Crippen molar-refractivity contribution in [1.82, 2.24) is 5.32 Å². The molecule has 0 unspecified atom stereocenters. The summed E-state index contributed by atoms with van der Waals surface area (Å²) < 4.78 is 15.1. The topological polar surface area (TPSA) is 133 Å². The predicted molar refractivity (Wildman–Crippen MR) is 99.0 cm³/mol. The van der Waals surface area contributed by atoms with Crippen molar-refractivity contribution in [2.75, 3.05) is 32.2 Å². The van der Waals surface area contributed by atoms with E-state index in [1.54, 1.807) is 19.1 Å². The average molecular weight is 391 g/mol. The number of hydrogen-bond donors (Lipinski definition) is 2. The van der Waals surface area contributed by atoms with Gasteiger partial charge in [-0.1, -0.05) is 0 Å². The number of methoxy groups -OCH3 is 1. The molecule has 0 aliphatic heterocycles. The number of nitro groups is 1. The quantitative estimate of drug-likeness (QED) is 0.273. The Bertz CT molecular complexity index is 821. The van der Waals surface area contributed by atoms with E-state index in [2.05, 4.69) is 10.6 Å². The van der Waals surface area contributed by atoms with Gasteiger partial charge in [0.2, 0.25) is 0 Å². The van der Waals surface area contributed by atoms with E-state index in [0.29, 0.717) is 24.6 Å². The van der Waals surface area contributed by atoms with Gasteiger partial charge >= 0.3 is 5.97 Å². The zero-order chi connectivity index (χ0) is 20.5. The molecule has 10 heteroatoms. The summed E-state index contributed by atoms with van der Waals surface area (Å²) in [6.45, 7) is 1.94. The molecule has 0 spiro atoms. The summed E-state index contributed by atoms with van der Waals surface area (Å²) in [5.74, 6) is -0.830. The molecule has 0 aliphatic rings. The van der Waals surface area contributed by atoms with Gasteiger partial charge in [-0.25, -0.2) is 4.79 Å². The van der Waals surface area contributed by atoms with Crippen LogP contribution in [0.15, 0.2) is 41.0 Å². The number of nitrogens with one attached hydrogen (secondary N) is 2. The minimum Gasteiger partial charge on any atom is -0.467 e. The SMILES string of the molecule is COCCNc1ccc([N+](=O)[O-])cc1C(=O)OCC(=O)N[C@H](C)c1ccco1. The van der Waals surface area contributed by atoms with Crippen LogP contribution in [0.2, 0.25) is 0 Å². The monoisotopic (exact) mass is 391 g/mol. The molecule has 0 saturated heterocycles. The lowest BCUT2D eigenvalue weighted by molar-refractivity contribution is -0.384. The third kappa shape index (κ3) is 5.81. The van der Waals surface area contributed by atoms with Crippen LogP contribution >= 0.6 is 0 Å². The molecule has 1 aromatic heterocycles. The Morgan fingerprint density at radius 1 is 1.32 bits per heavy atom. The molecular formula is C18H21N3O7. The zero-order valence-electron chi connectivity index (χ0n) is 15.5. The fraction of sp³-hybridized carbons (Fsp3) is 0.333. The molecule has 2 rings (SSSR count). The number of esters is 1. The normalized spacial score (nSPS) is 11.5. The summed E-state index contributed by atoms with van der Waals surface area (Å²) >= 11 is 0. The van der Waals surface area contributed by atoms with Crippen molar-refractivity contribution in [1.29, 1.82) is 0 Å². The minimum atomic E-state index is -0.857. The number of furan rings is 1. The molecular weight excluding hydrogens is 370 g/mol. The number of anilines is 1. The Kier molecular flexibility index (Phi) is 7.52. The third-order valence-corrected chi connectivity index (χ3v) is 3.74. The molecule has 1 aromatic carbocycles. The van der Waals surface area contributed by atoms with Crippen molar-refractivity contribution in [3.8, 4) is 0 Å². The van der Waals surface area contributed by atoms with Gasteiger partial charge in [0.15, 0.2) is 6.61 Å². The fourth-order valence-electron chi connectivity index (χ4n) is 2.36. The number of nitro benzene ring substituents is 1. The third-order valence-electron chi connectivity index (χ3n) is 3.74. The predicted octanol–water partition coefficient (Wildman–Crippen LogP) is 2.28. The number of ether oxygens (including phenoxy) is 2. The van der Waals surface area contributed by atoms with Crippen molar-refractivity contribution >= 4 is 23.3 Å². The molecule has 0 aliphatic carbocycles. The lowest BCUT2D eigenvalue weighted by Crippen LogP contribution is -2.31. The molecule has 1 heterocycles. The highest BCUT2D eigenvalue weighted by atomic mass is 16.6. The van der Waals surface area contributed by atoms with Crippen LogP contribution in [0.25, 0.3) is 0 Å². The van der Waals surface area contributed by atoms with Gasteiger partial charge in [-0.2, -0.15) is 0 Å². The maximum atomic E-state index is 12.4. The molecule has 0 saturated carbocycles. The molecule has 1 amide bonds. The largest absolute Gasteiger partial charge is 0.467 e. The molecule has 0 bridgehead atoms. The summed E-state index contributed by atoms with van der Waals surface area (Å²) in [6, 6.07) is 6.77. The summed E-state index contributed by atoms with van der Waals surface area (Å²) in [4.78, 5) is 34.7. The first kappa shape index (κ1) is 20.9. The Morgan fingerprint density at radius 2 is 2.11 bits per heavy atom. The molecule has 0 radical (unpaired) electrons. The second-order valence-electron chi connectivity index (χ2n) is 5.79. The van der Waals surface area contributed by atoms with Crippen molar-refractivity contribution in [3.63, 3.8) is 0 Å². The smallest absolute Gasteiger partial charge is 0.341 e. The Balaban J connectivity index is 2.01. The molecule has 2 aromatic rings.